The number of hydrogen-bond acceptors (Lipinski definition) is 10. The van der Waals surface area contributed by atoms with Crippen LogP contribution >= 0.6 is 7.82 Å². The average Bonchev–Trinajstić information content (AvgIpc) is 3.15. The van der Waals surface area contributed by atoms with Crippen molar-refractivity contribution >= 4 is 25.7 Å². The normalized spacial score (nSPS) is 15.1. The molecule has 13 heteroatoms. The number of ether oxygens (including phenoxy) is 2. The predicted molar refractivity (Wildman–Crippen MR) is 218 cm³/mol. The summed E-state index contributed by atoms with van der Waals surface area (Å²) >= 11 is 0. The van der Waals surface area contributed by atoms with Crippen LogP contribution in [0.4, 0.5) is 0 Å². The van der Waals surface area contributed by atoms with Gasteiger partial charge in [-0.1, -0.05) is 125 Å². The van der Waals surface area contributed by atoms with E-state index in [4.69, 9.17) is 24.8 Å². The van der Waals surface area contributed by atoms with Gasteiger partial charge in [-0.2, -0.15) is 0 Å². The fraction of sp³-hybridized carbons (Fsp3) is 0.643. The minimum atomic E-state index is -4.74. The molecule has 0 radical (unpaired) electrons. The molecule has 0 saturated carbocycles. The number of carbonyl (C=O) groups is 3. The van der Waals surface area contributed by atoms with Gasteiger partial charge in [0.1, 0.15) is 12.6 Å². The lowest BCUT2D eigenvalue weighted by atomic mass is 10.1. The highest BCUT2D eigenvalue weighted by Crippen LogP contribution is 2.43. The maximum Gasteiger partial charge on any atom is 0.472 e. The Morgan fingerprint density at radius 1 is 0.655 bits per heavy atom. The third-order valence-electron chi connectivity index (χ3n) is 8.03. The van der Waals surface area contributed by atoms with E-state index in [2.05, 4.69) is 60.9 Å². The van der Waals surface area contributed by atoms with Gasteiger partial charge in [-0.3, -0.25) is 23.4 Å². The fourth-order valence-electron chi connectivity index (χ4n) is 4.88. The highest BCUT2D eigenvalue weighted by molar-refractivity contribution is 7.47. The van der Waals surface area contributed by atoms with Crippen LogP contribution in [0.15, 0.2) is 72.9 Å². The number of carboxylic acid groups (broad SMARTS) is 1. The lowest BCUT2D eigenvalue weighted by Crippen LogP contribution is -2.34. The summed E-state index contributed by atoms with van der Waals surface area (Å²) in [5, 5.41) is 18.7. The molecule has 2 unspecified atom stereocenters. The zero-order chi connectivity index (χ0) is 40.8. The molecule has 0 amide bonds. The van der Waals surface area contributed by atoms with Gasteiger partial charge in [0.05, 0.1) is 19.3 Å². The first kappa shape index (κ1) is 51.9. The zero-order valence-corrected chi connectivity index (χ0v) is 34.2. The zero-order valence-electron chi connectivity index (χ0n) is 33.3. The third kappa shape index (κ3) is 36.3. The van der Waals surface area contributed by atoms with E-state index < -0.39 is 57.2 Å². The van der Waals surface area contributed by atoms with Gasteiger partial charge in [0.25, 0.3) is 0 Å². The Labute approximate surface area is 330 Å². The maximum absolute atomic E-state index is 12.6. The molecule has 314 valence electrons. The van der Waals surface area contributed by atoms with Gasteiger partial charge >= 0.3 is 25.7 Å². The number of carboxylic acids is 1. The van der Waals surface area contributed by atoms with Crippen LogP contribution in [0, 0.1) is 0 Å². The summed E-state index contributed by atoms with van der Waals surface area (Å²) in [6, 6.07) is -1.54. The van der Waals surface area contributed by atoms with Gasteiger partial charge in [0, 0.05) is 12.8 Å². The lowest BCUT2D eigenvalue weighted by molar-refractivity contribution is -0.161. The van der Waals surface area contributed by atoms with Gasteiger partial charge in [-0.15, -0.1) is 0 Å². The molecule has 0 aliphatic heterocycles. The van der Waals surface area contributed by atoms with Gasteiger partial charge < -0.3 is 30.3 Å². The van der Waals surface area contributed by atoms with Gasteiger partial charge in [0.2, 0.25) is 0 Å². The summed E-state index contributed by atoms with van der Waals surface area (Å²) in [6.07, 6.45) is 38.7. The minimum absolute atomic E-state index is 0.122. The summed E-state index contributed by atoms with van der Waals surface area (Å²) in [5.41, 5.74) is 5.32. The van der Waals surface area contributed by atoms with E-state index in [1.807, 2.05) is 24.3 Å². The van der Waals surface area contributed by atoms with E-state index in [1.165, 1.54) is 0 Å². The monoisotopic (exact) mass is 795 g/mol. The summed E-state index contributed by atoms with van der Waals surface area (Å²) in [5.74, 6) is -2.48. The molecule has 5 N–H and O–H groups in total. The molecule has 0 aliphatic rings. The number of unbranched alkanes of at least 4 members (excludes halogenated alkanes) is 10. The van der Waals surface area contributed by atoms with Gasteiger partial charge in [0.15, 0.2) is 6.10 Å². The molecule has 55 heavy (non-hydrogen) atoms. The summed E-state index contributed by atoms with van der Waals surface area (Å²) < 4.78 is 32.6. The van der Waals surface area contributed by atoms with Crippen LogP contribution < -0.4 is 5.73 Å². The fourth-order valence-corrected chi connectivity index (χ4v) is 5.66. The van der Waals surface area contributed by atoms with Crippen LogP contribution in [0.2, 0.25) is 0 Å². The molecule has 0 aromatic heterocycles. The van der Waals surface area contributed by atoms with Crippen molar-refractivity contribution in [1.82, 2.24) is 0 Å². The number of esters is 2. The number of aliphatic hydroxyl groups is 1. The number of aliphatic carboxylic acids is 1. The van der Waals surface area contributed by atoms with Crippen LogP contribution in [0.3, 0.4) is 0 Å². The highest BCUT2D eigenvalue weighted by Gasteiger charge is 2.28. The summed E-state index contributed by atoms with van der Waals surface area (Å²) in [4.78, 5) is 45.8. The van der Waals surface area contributed by atoms with Crippen molar-refractivity contribution in [3.8, 4) is 0 Å². The molecule has 0 rings (SSSR count). The molecule has 4 atom stereocenters. The van der Waals surface area contributed by atoms with Crippen LogP contribution in [-0.2, 0) is 37.5 Å². The first-order chi connectivity index (χ1) is 26.5. The summed E-state index contributed by atoms with van der Waals surface area (Å²) in [6.45, 7) is 2.40. The van der Waals surface area contributed by atoms with Crippen molar-refractivity contribution in [3.63, 3.8) is 0 Å². The lowest BCUT2D eigenvalue weighted by Gasteiger charge is -2.20. The standard InChI is InChI=1S/C42H70NO11P/c1-3-5-7-8-9-10-11-12-13-14-15-18-22-25-29-33-41(46)54-38(35-52-55(49,50)53-36-39(43)42(47)48)34-51-40(45)32-28-24-21-19-16-17-20-23-27-31-37(44)30-26-6-4-2/h5-7,9-10,12-13,20,23,26-27,31,37-39,44H,3-4,8,11,14-19,21-22,24-25,28-30,32-36,43H2,1-2H3,(H,47,48)(H,49,50)/b7-5-,10-9-,13-12-,23-20+,26-6+,31-27+/t37?,38-,39+/m1/s1. The largest absolute Gasteiger partial charge is 0.480 e. The minimum Gasteiger partial charge on any atom is -0.480 e. The SMILES string of the molecule is CC/C=C\C/C=C\C/C=C\CCCCCCCC(=O)O[C@H](COC(=O)CCCCCCC/C=C/C=C/C(O)C/C=C/CC)COP(=O)(O)OC[C@H](N)C(=O)O. The maximum atomic E-state index is 12.6. The Morgan fingerprint density at radius 3 is 1.82 bits per heavy atom. The van der Waals surface area contributed by atoms with Crippen molar-refractivity contribution in [2.24, 2.45) is 5.73 Å². The van der Waals surface area contributed by atoms with Crippen LogP contribution in [-0.4, -0.2) is 71.1 Å². The Morgan fingerprint density at radius 2 is 1.18 bits per heavy atom. The molecular formula is C42H70NO11P. The second kappa shape index (κ2) is 36.5. The number of carbonyl (C=O) groups excluding carboxylic acids is 2. The molecule has 0 saturated heterocycles. The van der Waals surface area contributed by atoms with E-state index >= 15 is 0 Å². The number of rotatable bonds is 36. The molecule has 0 spiro atoms. The molecule has 0 aromatic carbocycles. The number of hydrogen-bond donors (Lipinski definition) is 4. The Bertz CT molecular complexity index is 1230. The predicted octanol–water partition coefficient (Wildman–Crippen LogP) is 9.14. The van der Waals surface area contributed by atoms with Crippen LogP contribution in [0.25, 0.3) is 0 Å². The highest BCUT2D eigenvalue weighted by atomic mass is 31.2. The van der Waals surface area contributed by atoms with Crippen LogP contribution in [0.1, 0.15) is 136 Å². The number of phosphoric ester groups is 1. The van der Waals surface area contributed by atoms with Crippen molar-refractivity contribution in [3.05, 3.63) is 72.9 Å². The van der Waals surface area contributed by atoms with Crippen molar-refractivity contribution < 1.29 is 52.6 Å². The van der Waals surface area contributed by atoms with E-state index in [-0.39, 0.29) is 19.4 Å². The number of phosphoric acid groups is 1. The number of nitrogens with two attached hydrogens (primary N) is 1. The van der Waals surface area contributed by atoms with Gasteiger partial charge in [-0.05, 0) is 70.6 Å². The first-order valence-electron chi connectivity index (χ1n) is 20.1. The van der Waals surface area contributed by atoms with E-state index in [0.717, 1.165) is 89.9 Å². The van der Waals surface area contributed by atoms with Gasteiger partial charge in [-0.25, -0.2) is 4.57 Å². The Kier molecular flexibility index (Phi) is 34.4. The van der Waals surface area contributed by atoms with E-state index in [1.54, 1.807) is 6.08 Å². The average molecular weight is 796 g/mol. The molecule has 0 aliphatic carbocycles. The topological polar surface area (TPSA) is 192 Å². The molecule has 12 nitrogen and oxygen atoms in total. The summed E-state index contributed by atoms with van der Waals surface area (Å²) in [7, 11) is -4.74. The van der Waals surface area contributed by atoms with E-state index in [0.29, 0.717) is 19.3 Å². The van der Waals surface area contributed by atoms with E-state index in [9.17, 15) is 28.9 Å². The Balaban J connectivity index is 4.52. The first-order valence-corrected chi connectivity index (χ1v) is 21.6. The second-order valence-corrected chi connectivity index (χ2v) is 14.7. The van der Waals surface area contributed by atoms with Crippen molar-refractivity contribution in [2.75, 3.05) is 19.8 Å². The molecule has 0 fully saturated rings. The third-order valence-corrected chi connectivity index (χ3v) is 8.98. The molecule has 0 aromatic rings. The Hall–Kier alpha value is -3.12. The van der Waals surface area contributed by atoms with Crippen LogP contribution in [0.5, 0.6) is 0 Å². The smallest absolute Gasteiger partial charge is 0.472 e. The number of allylic oxidation sites excluding steroid dienone is 10. The molecular weight excluding hydrogens is 725 g/mol. The molecule has 0 heterocycles. The second-order valence-electron chi connectivity index (χ2n) is 13.2. The molecule has 0 bridgehead atoms. The quantitative estimate of drug-likeness (QED) is 0.0155. The number of aliphatic hydroxyl groups excluding tert-OH is 1. The van der Waals surface area contributed by atoms with Crippen molar-refractivity contribution in [1.29, 1.82) is 0 Å². The van der Waals surface area contributed by atoms with Crippen molar-refractivity contribution in [2.45, 2.75) is 154 Å².